The quantitative estimate of drug-likeness (QED) is 0.876. The van der Waals surface area contributed by atoms with E-state index in [4.69, 9.17) is 10.5 Å². The summed E-state index contributed by atoms with van der Waals surface area (Å²) in [6.45, 7) is 3.96. The molecule has 5 heteroatoms. The lowest BCUT2D eigenvalue weighted by Crippen LogP contribution is -2.61. The van der Waals surface area contributed by atoms with Crippen molar-refractivity contribution in [1.29, 1.82) is 0 Å². The summed E-state index contributed by atoms with van der Waals surface area (Å²) in [6.07, 6.45) is 2.56. The molecule has 1 aliphatic rings. The van der Waals surface area contributed by atoms with Crippen LogP contribution in [0.1, 0.15) is 39.5 Å². The van der Waals surface area contributed by atoms with Gasteiger partial charge in [0.15, 0.2) is 11.6 Å². The van der Waals surface area contributed by atoms with E-state index in [2.05, 4.69) is 5.32 Å². The Kier molecular flexibility index (Phi) is 4.83. The van der Waals surface area contributed by atoms with Gasteiger partial charge >= 0.3 is 0 Å². The van der Waals surface area contributed by atoms with E-state index in [-0.39, 0.29) is 29.6 Å². The maximum Gasteiger partial charge on any atom is 0.237 e. The van der Waals surface area contributed by atoms with Gasteiger partial charge in [-0.1, -0.05) is 12.1 Å². The average molecular weight is 294 g/mol. The highest BCUT2D eigenvalue weighted by Crippen LogP contribution is 2.32. The van der Waals surface area contributed by atoms with Crippen LogP contribution in [0.4, 0.5) is 4.39 Å². The number of ether oxygens (including phenoxy) is 1. The van der Waals surface area contributed by atoms with Crippen LogP contribution in [0, 0.1) is 5.82 Å². The SMILES string of the molecule is CC(C)NC1(C(N)=O)CCCC(Oc2ccccc2F)C1. The van der Waals surface area contributed by atoms with Gasteiger partial charge in [0.25, 0.3) is 0 Å². The molecule has 0 heterocycles. The fraction of sp³-hybridized carbons (Fsp3) is 0.562. The lowest BCUT2D eigenvalue weighted by molar-refractivity contribution is -0.127. The van der Waals surface area contributed by atoms with Crippen LogP contribution in [0.3, 0.4) is 0 Å². The number of primary amides is 1. The maximum atomic E-state index is 13.7. The molecule has 2 atom stereocenters. The van der Waals surface area contributed by atoms with Crippen LogP contribution >= 0.6 is 0 Å². The first kappa shape index (κ1) is 15.8. The molecule has 3 N–H and O–H groups in total. The Bertz CT molecular complexity index is 507. The Hall–Kier alpha value is -1.62. The number of nitrogens with one attached hydrogen (secondary N) is 1. The lowest BCUT2D eigenvalue weighted by atomic mass is 9.79. The molecule has 0 aromatic heterocycles. The molecule has 1 amide bonds. The number of rotatable bonds is 5. The van der Waals surface area contributed by atoms with Gasteiger partial charge in [-0.2, -0.15) is 0 Å². The average Bonchev–Trinajstić information content (AvgIpc) is 2.41. The molecule has 2 unspecified atom stereocenters. The van der Waals surface area contributed by atoms with Crippen molar-refractivity contribution < 1.29 is 13.9 Å². The van der Waals surface area contributed by atoms with Crippen molar-refractivity contribution in [3.63, 3.8) is 0 Å². The summed E-state index contributed by atoms with van der Waals surface area (Å²) in [5.41, 5.74) is 4.84. The van der Waals surface area contributed by atoms with Gasteiger partial charge in [0, 0.05) is 12.5 Å². The number of amides is 1. The third kappa shape index (κ3) is 3.73. The van der Waals surface area contributed by atoms with Crippen LogP contribution in [-0.4, -0.2) is 23.6 Å². The standard InChI is InChI=1S/C16H23FN2O2/c1-11(2)19-16(15(18)20)9-5-6-12(10-16)21-14-8-4-3-7-13(14)17/h3-4,7-8,11-12,19H,5-6,9-10H2,1-2H3,(H2,18,20). The molecule has 116 valence electrons. The number of para-hydroxylation sites is 1. The Morgan fingerprint density at radius 2 is 2.19 bits per heavy atom. The van der Waals surface area contributed by atoms with Gasteiger partial charge in [-0.15, -0.1) is 0 Å². The summed E-state index contributed by atoms with van der Waals surface area (Å²) in [6, 6.07) is 6.47. The van der Waals surface area contributed by atoms with E-state index in [9.17, 15) is 9.18 Å². The highest BCUT2D eigenvalue weighted by Gasteiger charge is 2.42. The van der Waals surface area contributed by atoms with E-state index in [1.54, 1.807) is 18.2 Å². The van der Waals surface area contributed by atoms with E-state index >= 15 is 0 Å². The van der Waals surface area contributed by atoms with Crippen LogP contribution in [0.15, 0.2) is 24.3 Å². The first-order valence-electron chi connectivity index (χ1n) is 7.42. The molecule has 0 aliphatic heterocycles. The van der Waals surface area contributed by atoms with Gasteiger partial charge in [-0.3, -0.25) is 4.79 Å². The summed E-state index contributed by atoms with van der Waals surface area (Å²) in [5.74, 6) is -0.519. The normalized spacial score (nSPS) is 25.8. The highest BCUT2D eigenvalue weighted by atomic mass is 19.1. The monoisotopic (exact) mass is 294 g/mol. The second kappa shape index (κ2) is 6.43. The molecule has 1 aromatic carbocycles. The van der Waals surface area contributed by atoms with Crippen molar-refractivity contribution in [3.8, 4) is 5.75 Å². The van der Waals surface area contributed by atoms with Crippen molar-refractivity contribution in [3.05, 3.63) is 30.1 Å². The largest absolute Gasteiger partial charge is 0.487 e. The molecule has 1 fully saturated rings. The van der Waals surface area contributed by atoms with E-state index in [0.717, 1.165) is 12.8 Å². The molecular weight excluding hydrogens is 271 g/mol. The van der Waals surface area contributed by atoms with Gasteiger partial charge in [0.05, 0.1) is 0 Å². The van der Waals surface area contributed by atoms with Crippen LogP contribution in [0.2, 0.25) is 0 Å². The predicted molar refractivity (Wildman–Crippen MR) is 79.5 cm³/mol. The first-order chi connectivity index (χ1) is 9.93. The predicted octanol–water partition coefficient (Wildman–Crippen LogP) is 2.37. The zero-order valence-electron chi connectivity index (χ0n) is 12.6. The van der Waals surface area contributed by atoms with Crippen molar-refractivity contribution in [2.75, 3.05) is 0 Å². The third-order valence-corrected chi connectivity index (χ3v) is 3.87. The van der Waals surface area contributed by atoms with Crippen molar-refractivity contribution >= 4 is 5.91 Å². The van der Waals surface area contributed by atoms with Gasteiger partial charge in [0.1, 0.15) is 11.6 Å². The number of hydrogen-bond acceptors (Lipinski definition) is 3. The summed E-state index contributed by atoms with van der Waals surface area (Å²) in [7, 11) is 0. The van der Waals surface area contributed by atoms with Crippen LogP contribution in [0.5, 0.6) is 5.75 Å². The molecule has 21 heavy (non-hydrogen) atoms. The molecule has 1 saturated carbocycles. The van der Waals surface area contributed by atoms with Gasteiger partial charge in [0.2, 0.25) is 5.91 Å². The van der Waals surface area contributed by atoms with E-state index in [0.29, 0.717) is 12.8 Å². The fourth-order valence-corrected chi connectivity index (χ4v) is 3.02. The zero-order chi connectivity index (χ0) is 15.5. The molecular formula is C16H23FN2O2. The summed E-state index contributed by atoms with van der Waals surface area (Å²) in [5, 5.41) is 3.28. The minimum Gasteiger partial charge on any atom is -0.487 e. The second-order valence-electron chi connectivity index (χ2n) is 6.01. The van der Waals surface area contributed by atoms with Gasteiger partial charge in [-0.25, -0.2) is 4.39 Å². The number of carbonyl (C=O) groups is 1. The number of hydrogen-bond donors (Lipinski definition) is 2. The van der Waals surface area contributed by atoms with E-state index < -0.39 is 5.54 Å². The Morgan fingerprint density at radius 3 is 2.81 bits per heavy atom. The molecule has 0 saturated heterocycles. The third-order valence-electron chi connectivity index (χ3n) is 3.87. The molecule has 1 aromatic rings. The lowest BCUT2D eigenvalue weighted by Gasteiger charge is -2.40. The van der Waals surface area contributed by atoms with Gasteiger partial charge in [-0.05, 0) is 45.2 Å². The minimum atomic E-state index is -0.762. The molecule has 2 rings (SSSR count). The number of halogens is 1. The molecule has 0 spiro atoms. The Balaban J connectivity index is 2.12. The number of carbonyl (C=O) groups excluding carboxylic acids is 1. The zero-order valence-corrected chi connectivity index (χ0v) is 12.6. The number of nitrogens with two attached hydrogens (primary N) is 1. The van der Waals surface area contributed by atoms with E-state index in [1.165, 1.54) is 6.07 Å². The van der Waals surface area contributed by atoms with Crippen molar-refractivity contribution in [1.82, 2.24) is 5.32 Å². The topological polar surface area (TPSA) is 64.3 Å². The molecule has 0 bridgehead atoms. The minimum absolute atomic E-state index is 0.143. The molecule has 4 nitrogen and oxygen atoms in total. The van der Waals surface area contributed by atoms with Crippen LogP contribution < -0.4 is 15.8 Å². The highest BCUT2D eigenvalue weighted by molar-refractivity contribution is 5.84. The number of benzene rings is 1. The Morgan fingerprint density at radius 1 is 1.48 bits per heavy atom. The second-order valence-corrected chi connectivity index (χ2v) is 6.01. The fourth-order valence-electron chi connectivity index (χ4n) is 3.02. The van der Waals surface area contributed by atoms with Crippen LogP contribution in [-0.2, 0) is 4.79 Å². The Labute approximate surface area is 124 Å². The van der Waals surface area contributed by atoms with Crippen molar-refractivity contribution in [2.24, 2.45) is 5.73 Å². The molecule has 1 aliphatic carbocycles. The van der Waals surface area contributed by atoms with Gasteiger partial charge < -0.3 is 15.8 Å². The van der Waals surface area contributed by atoms with Crippen LogP contribution in [0.25, 0.3) is 0 Å². The van der Waals surface area contributed by atoms with Crippen molar-refractivity contribution in [2.45, 2.75) is 57.2 Å². The van der Waals surface area contributed by atoms with E-state index in [1.807, 2.05) is 13.8 Å². The smallest absolute Gasteiger partial charge is 0.237 e. The first-order valence-corrected chi connectivity index (χ1v) is 7.42. The summed E-state index contributed by atoms with van der Waals surface area (Å²) < 4.78 is 19.4. The summed E-state index contributed by atoms with van der Waals surface area (Å²) in [4.78, 5) is 11.9. The molecule has 0 radical (unpaired) electrons. The maximum absolute atomic E-state index is 13.7. The summed E-state index contributed by atoms with van der Waals surface area (Å²) >= 11 is 0.